The second-order valence-electron chi connectivity index (χ2n) is 8.03. The standard InChI is InChI=1S/C26H24BrN3O3/c1-17-6-2-3-7-18(17)15-28-26(33)22-8-4-5-9-23(22)29-25(32)19-14-24(31)30(16-19)21-12-10-20(27)11-13-21/h2-13,19H,14-16H2,1H3,(H,28,33)(H,29,32)/t19-/m1/s1. The van der Waals surface area contributed by atoms with Gasteiger partial charge in [0.25, 0.3) is 5.91 Å². The summed E-state index contributed by atoms with van der Waals surface area (Å²) in [4.78, 5) is 39.9. The van der Waals surface area contributed by atoms with Crippen LogP contribution in [0.3, 0.4) is 0 Å². The van der Waals surface area contributed by atoms with Gasteiger partial charge >= 0.3 is 0 Å². The quantitative estimate of drug-likeness (QED) is 0.510. The summed E-state index contributed by atoms with van der Waals surface area (Å²) in [6, 6.07) is 22.2. The van der Waals surface area contributed by atoms with Crippen molar-refractivity contribution in [3.8, 4) is 0 Å². The Labute approximate surface area is 201 Å². The van der Waals surface area contributed by atoms with Crippen LogP contribution < -0.4 is 15.5 Å². The van der Waals surface area contributed by atoms with E-state index in [0.29, 0.717) is 24.3 Å². The summed E-state index contributed by atoms with van der Waals surface area (Å²) in [7, 11) is 0. The van der Waals surface area contributed by atoms with Gasteiger partial charge in [-0.25, -0.2) is 0 Å². The molecule has 1 atom stereocenters. The van der Waals surface area contributed by atoms with E-state index in [1.807, 2.05) is 55.5 Å². The number of rotatable bonds is 6. The van der Waals surface area contributed by atoms with Gasteiger partial charge in [-0.05, 0) is 54.4 Å². The molecule has 3 aromatic carbocycles. The first kappa shape index (κ1) is 22.7. The first-order chi connectivity index (χ1) is 15.9. The van der Waals surface area contributed by atoms with E-state index in [1.165, 1.54) is 0 Å². The van der Waals surface area contributed by atoms with Crippen molar-refractivity contribution in [1.29, 1.82) is 0 Å². The summed E-state index contributed by atoms with van der Waals surface area (Å²) in [6.45, 7) is 2.69. The van der Waals surface area contributed by atoms with Crippen LogP contribution in [0.1, 0.15) is 27.9 Å². The third-order valence-electron chi connectivity index (χ3n) is 5.76. The Morgan fingerprint density at radius 2 is 1.70 bits per heavy atom. The first-order valence-electron chi connectivity index (χ1n) is 10.7. The summed E-state index contributed by atoms with van der Waals surface area (Å²) in [5.74, 6) is -1.14. The van der Waals surface area contributed by atoms with Gasteiger partial charge < -0.3 is 15.5 Å². The number of hydrogen-bond donors (Lipinski definition) is 2. The number of carbonyl (C=O) groups is 3. The molecule has 1 fully saturated rings. The smallest absolute Gasteiger partial charge is 0.253 e. The second kappa shape index (κ2) is 10.0. The minimum Gasteiger partial charge on any atom is -0.348 e. The van der Waals surface area contributed by atoms with Crippen molar-refractivity contribution in [3.05, 3.63) is 94.0 Å². The molecule has 0 spiro atoms. The molecule has 0 aromatic heterocycles. The van der Waals surface area contributed by atoms with Gasteiger partial charge in [-0.15, -0.1) is 0 Å². The van der Waals surface area contributed by atoms with E-state index in [1.54, 1.807) is 29.2 Å². The zero-order chi connectivity index (χ0) is 23.4. The van der Waals surface area contributed by atoms with Crippen LogP contribution in [-0.2, 0) is 16.1 Å². The minimum absolute atomic E-state index is 0.0956. The second-order valence-corrected chi connectivity index (χ2v) is 8.94. The minimum atomic E-state index is -0.496. The van der Waals surface area contributed by atoms with Gasteiger partial charge in [0.15, 0.2) is 0 Å². The Hall–Kier alpha value is -3.45. The molecule has 0 radical (unpaired) electrons. The molecule has 0 aliphatic carbocycles. The maximum Gasteiger partial charge on any atom is 0.253 e. The molecular weight excluding hydrogens is 482 g/mol. The zero-order valence-corrected chi connectivity index (χ0v) is 19.8. The Balaban J connectivity index is 1.42. The summed E-state index contributed by atoms with van der Waals surface area (Å²) in [5.41, 5.74) is 3.70. The Kier molecular flexibility index (Phi) is 6.89. The Morgan fingerprint density at radius 1 is 1.00 bits per heavy atom. The van der Waals surface area contributed by atoms with Gasteiger partial charge in [0, 0.05) is 29.7 Å². The van der Waals surface area contributed by atoms with Crippen LogP contribution in [0.2, 0.25) is 0 Å². The summed E-state index contributed by atoms with van der Waals surface area (Å²) < 4.78 is 0.921. The molecule has 7 heteroatoms. The van der Waals surface area contributed by atoms with E-state index in [4.69, 9.17) is 0 Å². The highest BCUT2D eigenvalue weighted by Gasteiger charge is 2.35. The van der Waals surface area contributed by atoms with Gasteiger partial charge in [0.1, 0.15) is 0 Å². The predicted molar refractivity (Wildman–Crippen MR) is 132 cm³/mol. The zero-order valence-electron chi connectivity index (χ0n) is 18.2. The third-order valence-corrected chi connectivity index (χ3v) is 6.29. The average Bonchev–Trinajstić information content (AvgIpc) is 3.21. The van der Waals surface area contributed by atoms with Gasteiger partial charge in [0.2, 0.25) is 11.8 Å². The number of hydrogen-bond acceptors (Lipinski definition) is 3. The molecule has 2 N–H and O–H groups in total. The van der Waals surface area contributed by atoms with E-state index in [-0.39, 0.29) is 24.1 Å². The van der Waals surface area contributed by atoms with Crippen LogP contribution in [-0.4, -0.2) is 24.3 Å². The molecule has 0 bridgehead atoms. The maximum absolute atomic E-state index is 13.0. The molecule has 3 aromatic rings. The molecular formula is C26H24BrN3O3. The highest BCUT2D eigenvalue weighted by molar-refractivity contribution is 9.10. The van der Waals surface area contributed by atoms with E-state index in [9.17, 15) is 14.4 Å². The van der Waals surface area contributed by atoms with Crippen LogP contribution in [0.15, 0.2) is 77.3 Å². The molecule has 1 aliphatic heterocycles. The predicted octanol–water partition coefficient (Wildman–Crippen LogP) is 4.68. The van der Waals surface area contributed by atoms with Crippen LogP contribution in [0.4, 0.5) is 11.4 Å². The van der Waals surface area contributed by atoms with Crippen LogP contribution >= 0.6 is 15.9 Å². The topological polar surface area (TPSA) is 78.5 Å². The van der Waals surface area contributed by atoms with Crippen LogP contribution in [0.5, 0.6) is 0 Å². The fraction of sp³-hybridized carbons (Fsp3) is 0.192. The van der Waals surface area contributed by atoms with Crippen molar-refractivity contribution in [2.75, 3.05) is 16.8 Å². The Bertz CT molecular complexity index is 1190. The maximum atomic E-state index is 13.0. The number of amides is 3. The van der Waals surface area contributed by atoms with E-state index in [0.717, 1.165) is 21.3 Å². The highest BCUT2D eigenvalue weighted by atomic mass is 79.9. The molecule has 4 rings (SSSR count). The molecule has 1 saturated heterocycles. The van der Waals surface area contributed by atoms with Crippen molar-refractivity contribution in [2.24, 2.45) is 5.92 Å². The average molecular weight is 506 g/mol. The summed E-state index contributed by atoms with van der Waals surface area (Å²) >= 11 is 3.39. The number of carbonyl (C=O) groups excluding carboxylic acids is 3. The molecule has 3 amide bonds. The van der Waals surface area contributed by atoms with Crippen molar-refractivity contribution in [1.82, 2.24) is 5.32 Å². The fourth-order valence-corrected chi connectivity index (χ4v) is 4.12. The summed E-state index contributed by atoms with van der Waals surface area (Å²) in [6.07, 6.45) is 0.129. The largest absolute Gasteiger partial charge is 0.348 e. The molecule has 33 heavy (non-hydrogen) atoms. The van der Waals surface area contributed by atoms with Gasteiger partial charge in [-0.1, -0.05) is 52.3 Å². The van der Waals surface area contributed by atoms with Crippen molar-refractivity contribution >= 4 is 45.0 Å². The molecule has 6 nitrogen and oxygen atoms in total. The lowest BCUT2D eigenvalue weighted by Crippen LogP contribution is -2.29. The highest BCUT2D eigenvalue weighted by Crippen LogP contribution is 2.27. The molecule has 1 heterocycles. The number of nitrogens with one attached hydrogen (secondary N) is 2. The number of nitrogens with zero attached hydrogens (tertiary/aromatic N) is 1. The Morgan fingerprint density at radius 3 is 2.45 bits per heavy atom. The number of para-hydroxylation sites is 1. The van der Waals surface area contributed by atoms with Crippen molar-refractivity contribution < 1.29 is 14.4 Å². The van der Waals surface area contributed by atoms with Gasteiger partial charge in [0.05, 0.1) is 17.2 Å². The lowest BCUT2D eigenvalue weighted by atomic mass is 10.1. The van der Waals surface area contributed by atoms with E-state index < -0.39 is 5.92 Å². The molecule has 0 unspecified atom stereocenters. The van der Waals surface area contributed by atoms with Gasteiger partial charge in [-0.2, -0.15) is 0 Å². The third kappa shape index (κ3) is 5.31. The lowest BCUT2D eigenvalue weighted by Gasteiger charge is -2.17. The first-order valence-corrected chi connectivity index (χ1v) is 11.5. The van der Waals surface area contributed by atoms with E-state index in [2.05, 4.69) is 26.6 Å². The number of halogens is 1. The molecule has 1 aliphatic rings. The van der Waals surface area contributed by atoms with Crippen LogP contribution in [0.25, 0.3) is 0 Å². The SMILES string of the molecule is Cc1ccccc1CNC(=O)c1ccccc1NC(=O)[C@@H]1CC(=O)N(c2ccc(Br)cc2)C1. The number of aryl methyl sites for hydroxylation is 1. The van der Waals surface area contributed by atoms with Gasteiger partial charge in [-0.3, -0.25) is 14.4 Å². The normalized spacial score (nSPS) is 15.4. The van der Waals surface area contributed by atoms with Crippen molar-refractivity contribution in [3.63, 3.8) is 0 Å². The lowest BCUT2D eigenvalue weighted by molar-refractivity contribution is -0.122. The monoisotopic (exact) mass is 505 g/mol. The number of anilines is 2. The van der Waals surface area contributed by atoms with E-state index >= 15 is 0 Å². The van der Waals surface area contributed by atoms with Crippen molar-refractivity contribution in [2.45, 2.75) is 19.9 Å². The fourth-order valence-electron chi connectivity index (χ4n) is 3.86. The van der Waals surface area contributed by atoms with Crippen LogP contribution in [0, 0.1) is 12.8 Å². The molecule has 168 valence electrons. The number of benzene rings is 3. The summed E-state index contributed by atoms with van der Waals surface area (Å²) in [5, 5.41) is 5.78. The molecule has 0 saturated carbocycles.